The maximum atomic E-state index is 5.99. The van der Waals surface area contributed by atoms with Crippen LogP contribution in [0.3, 0.4) is 0 Å². The predicted molar refractivity (Wildman–Crippen MR) is 78.7 cm³/mol. The average molecular weight is 282 g/mol. The Morgan fingerprint density at radius 3 is 3.11 bits per heavy atom. The van der Waals surface area contributed by atoms with Crippen molar-refractivity contribution in [3.05, 3.63) is 34.9 Å². The van der Waals surface area contributed by atoms with E-state index in [-0.39, 0.29) is 12.1 Å². The number of benzene rings is 1. The molecule has 1 fully saturated rings. The molecule has 0 aromatic heterocycles. The summed E-state index contributed by atoms with van der Waals surface area (Å²) in [7, 11) is 1.67. The third-order valence-corrected chi connectivity index (χ3v) is 3.38. The van der Waals surface area contributed by atoms with E-state index in [0.717, 1.165) is 11.4 Å². The maximum absolute atomic E-state index is 5.99. The first kappa shape index (κ1) is 14.2. The van der Waals surface area contributed by atoms with Gasteiger partial charge in [0.1, 0.15) is 0 Å². The van der Waals surface area contributed by atoms with Gasteiger partial charge < -0.3 is 15.8 Å². The number of halogens is 1. The second-order valence-electron chi connectivity index (χ2n) is 4.98. The van der Waals surface area contributed by atoms with E-state index in [4.69, 9.17) is 22.1 Å². The van der Waals surface area contributed by atoms with Crippen molar-refractivity contribution in [1.29, 1.82) is 0 Å². The van der Waals surface area contributed by atoms with Gasteiger partial charge >= 0.3 is 0 Å². The molecule has 1 aliphatic carbocycles. The molecule has 0 amide bonds. The number of nitrogens with two attached hydrogens (primary N) is 1. The summed E-state index contributed by atoms with van der Waals surface area (Å²) in [5, 5.41) is 3.88. The van der Waals surface area contributed by atoms with E-state index in [1.54, 1.807) is 7.11 Å². The maximum Gasteiger partial charge on any atom is 0.189 e. The lowest BCUT2D eigenvalue weighted by molar-refractivity contribution is 0.179. The van der Waals surface area contributed by atoms with E-state index < -0.39 is 0 Å². The average Bonchev–Trinajstić information content (AvgIpc) is 3.08. The molecule has 0 bridgehead atoms. The summed E-state index contributed by atoms with van der Waals surface area (Å²) < 4.78 is 5.04. The second-order valence-corrected chi connectivity index (χ2v) is 5.42. The van der Waals surface area contributed by atoms with Gasteiger partial charge in [0, 0.05) is 24.1 Å². The molecule has 0 saturated heterocycles. The number of nitrogens with zero attached hydrogens (tertiary/aromatic N) is 1. The lowest BCUT2D eigenvalue weighted by Crippen LogP contribution is -2.40. The van der Waals surface area contributed by atoms with E-state index in [9.17, 15) is 0 Å². The Balaban J connectivity index is 1.89. The van der Waals surface area contributed by atoms with Crippen LogP contribution in [0.2, 0.25) is 5.02 Å². The van der Waals surface area contributed by atoms with Crippen molar-refractivity contribution < 1.29 is 4.74 Å². The summed E-state index contributed by atoms with van der Waals surface area (Å²) in [5.41, 5.74) is 7.11. The molecule has 3 unspecified atom stereocenters. The predicted octanol–water partition coefficient (Wildman–Crippen LogP) is 2.14. The number of hydrogen-bond donors (Lipinski definition) is 2. The molecule has 5 heteroatoms. The molecule has 3 atom stereocenters. The van der Waals surface area contributed by atoms with Crippen LogP contribution in [0.5, 0.6) is 0 Å². The molecular weight excluding hydrogens is 262 g/mol. The number of guanidine groups is 1. The van der Waals surface area contributed by atoms with Crippen molar-refractivity contribution in [2.75, 3.05) is 13.7 Å². The number of ether oxygens (including phenoxy) is 1. The Kier molecular flexibility index (Phi) is 4.66. The molecule has 4 nitrogen and oxygen atoms in total. The van der Waals surface area contributed by atoms with E-state index in [0.29, 0.717) is 18.5 Å². The fourth-order valence-corrected chi connectivity index (χ4v) is 2.38. The molecule has 0 aliphatic heterocycles. The number of rotatable bonds is 5. The highest BCUT2D eigenvalue weighted by atomic mass is 35.5. The highest BCUT2D eigenvalue weighted by Gasteiger charge is 2.38. The minimum absolute atomic E-state index is 0.164. The van der Waals surface area contributed by atoms with Gasteiger partial charge in [0.25, 0.3) is 0 Å². The van der Waals surface area contributed by atoms with Crippen LogP contribution in [0.25, 0.3) is 0 Å². The Bertz CT molecular complexity index is 464. The molecule has 0 heterocycles. The first-order valence-corrected chi connectivity index (χ1v) is 6.82. The van der Waals surface area contributed by atoms with Gasteiger partial charge in [-0.3, -0.25) is 0 Å². The summed E-state index contributed by atoms with van der Waals surface area (Å²) in [6.07, 6.45) is 1.03. The minimum atomic E-state index is 0.164. The summed E-state index contributed by atoms with van der Waals surface area (Å²) in [4.78, 5) is 4.48. The third-order valence-electron chi connectivity index (χ3n) is 3.15. The smallest absolute Gasteiger partial charge is 0.189 e. The van der Waals surface area contributed by atoms with Crippen LogP contribution in [-0.4, -0.2) is 31.8 Å². The van der Waals surface area contributed by atoms with Crippen LogP contribution in [-0.2, 0) is 4.74 Å². The molecule has 1 saturated carbocycles. The highest BCUT2D eigenvalue weighted by Crippen LogP contribution is 2.43. The molecule has 1 aliphatic rings. The SMILES string of the molecule is COCC(C)NC(N)=NC1CC1c1cccc(Cl)c1. The lowest BCUT2D eigenvalue weighted by Gasteiger charge is -2.13. The van der Waals surface area contributed by atoms with Gasteiger partial charge in [-0.25, -0.2) is 4.99 Å². The largest absolute Gasteiger partial charge is 0.383 e. The van der Waals surface area contributed by atoms with Gasteiger partial charge in [0.05, 0.1) is 12.6 Å². The van der Waals surface area contributed by atoms with Crippen molar-refractivity contribution >= 4 is 17.6 Å². The fraction of sp³-hybridized carbons (Fsp3) is 0.500. The van der Waals surface area contributed by atoms with Gasteiger partial charge in [0.15, 0.2) is 5.96 Å². The summed E-state index contributed by atoms with van der Waals surface area (Å²) in [6.45, 7) is 2.62. The first-order chi connectivity index (χ1) is 9.10. The molecular formula is C14H20ClN3O. The van der Waals surface area contributed by atoms with Crippen molar-refractivity contribution in [2.24, 2.45) is 10.7 Å². The summed E-state index contributed by atoms with van der Waals surface area (Å²) >= 11 is 5.99. The van der Waals surface area contributed by atoms with Crippen LogP contribution in [0.1, 0.15) is 24.8 Å². The number of hydrogen-bond acceptors (Lipinski definition) is 2. The Morgan fingerprint density at radius 1 is 1.63 bits per heavy atom. The summed E-state index contributed by atoms with van der Waals surface area (Å²) in [5.74, 6) is 0.927. The number of nitrogens with one attached hydrogen (secondary N) is 1. The van der Waals surface area contributed by atoms with Crippen molar-refractivity contribution in [1.82, 2.24) is 5.32 Å². The Hall–Kier alpha value is -1.26. The molecule has 104 valence electrons. The van der Waals surface area contributed by atoms with E-state index in [2.05, 4.69) is 16.4 Å². The minimum Gasteiger partial charge on any atom is -0.383 e. The highest BCUT2D eigenvalue weighted by molar-refractivity contribution is 6.30. The molecule has 2 rings (SSSR count). The van der Waals surface area contributed by atoms with E-state index >= 15 is 0 Å². The van der Waals surface area contributed by atoms with Gasteiger partial charge in [-0.05, 0) is 31.0 Å². The van der Waals surface area contributed by atoms with Gasteiger partial charge in [0.2, 0.25) is 0 Å². The van der Waals surface area contributed by atoms with Crippen LogP contribution in [0.4, 0.5) is 0 Å². The topological polar surface area (TPSA) is 59.6 Å². The second kappa shape index (κ2) is 6.26. The first-order valence-electron chi connectivity index (χ1n) is 6.44. The fourth-order valence-electron chi connectivity index (χ4n) is 2.18. The molecule has 0 spiro atoms. The Labute approximate surface area is 119 Å². The standard InChI is InChI=1S/C14H20ClN3O/c1-9(8-19-2)17-14(16)18-13-7-12(13)10-4-3-5-11(15)6-10/h3-6,9,12-13H,7-8H2,1-2H3,(H3,16,17,18). The molecule has 0 radical (unpaired) electrons. The van der Waals surface area contributed by atoms with Gasteiger partial charge in [-0.1, -0.05) is 23.7 Å². The summed E-state index contributed by atoms with van der Waals surface area (Å²) in [6, 6.07) is 8.37. The zero-order chi connectivity index (χ0) is 13.8. The zero-order valence-electron chi connectivity index (χ0n) is 11.3. The van der Waals surface area contributed by atoms with Crippen molar-refractivity contribution in [3.63, 3.8) is 0 Å². The monoisotopic (exact) mass is 281 g/mol. The Morgan fingerprint density at radius 2 is 2.42 bits per heavy atom. The van der Waals surface area contributed by atoms with Crippen molar-refractivity contribution in [3.8, 4) is 0 Å². The normalized spacial score (nSPS) is 24.1. The van der Waals surface area contributed by atoms with E-state index in [1.165, 1.54) is 5.56 Å². The molecule has 1 aromatic carbocycles. The third kappa shape index (κ3) is 4.11. The molecule has 3 N–H and O–H groups in total. The molecule has 1 aromatic rings. The molecule has 19 heavy (non-hydrogen) atoms. The number of methoxy groups -OCH3 is 1. The van der Waals surface area contributed by atoms with Crippen LogP contribution in [0, 0.1) is 0 Å². The zero-order valence-corrected chi connectivity index (χ0v) is 12.0. The van der Waals surface area contributed by atoms with Crippen LogP contribution >= 0.6 is 11.6 Å². The van der Waals surface area contributed by atoms with Crippen LogP contribution in [0.15, 0.2) is 29.3 Å². The van der Waals surface area contributed by atoms with Crippen molar-refractivity contribution in [2.45, 2.75) is 31.3 Å². The number of aliphatic imine (C=N–C) groups is 1. The van der Waals surface area contributed by atoms with Gasteiger partial charge in [-0.2, -0.15) is 0 Å². The van der Waals surface area contributed by atoms with Gasteiger partial charge in [-0.15, -0.1) is 0 Å². The lowest BCUT2D eigenvalue weighted by atomic mass is 10.1. The quantitative estimate of drug-likeness (QED) is 0.642. The van der Waals surface area contributed by atoms with Crippen LogP contribution < -0.4 is 11.1 Å². The van der Waals surface area contributed by atoms with E-state index in [1.807, 2.05) is 25.1 Å².